The maximum Gasteiger partial charge on any atom is 0.407 e. The van der Waals surface area contributed by atoms with Crippen LogP contribution in [0.3, 0.4) is 0 Å². The van der Waals surface area contributed by atoms with Gasteiger partial charge in [-0.05, 0) is 96.7 Å². The third-order valence-electron chi connectivity index (χ3n) is 9.52. The van der Waals surface area contributed by atoms with E-state index in [1.165, 1.54) is 7.11 Å². The van der Waals surface area contributed by atoms with E-state index in [2.05, 4.69) is 103 Å². The third-order valence-corrected chi connectivity index (χ3v) is 14.4. The highest BCUT2D eigenvalue weighted by Crippen LogP contribution is 2.40. The maximum atomic E-state index is 13.2. The van der Waals surface area contributed by atoms with Gasteiger partial charge in [-0.15, -0.1) is 0 Å². The fraction of sp³-hybridized carbons (Fsp3) is 0.683. The lowest BCUT2D eigenvalue weighted by Gasteiger charge is -2.37. The molecule has 0 aliphatic rings. The van der Waals surface area contributed by atoms with Gasteiger partial charge in [-0.2, -0.15) is 0 Å². The van der Waals surface area contributed by atoms with Gasteiger partial charge in [0.05, 0.1) is 56.5 Å². The van der Waals surface area contributed by atoms with E-state index < -0.39 is 37.8 Å². The Labute approximate surface area is 349 Å². The van der Waals surface area contributed by atoms with Crippen molar-refractivity contribution in [3.63, 3.8) is 0 Å². The third kappa shape index (κ3) is 21.7. The number of halogens is 1. The second kappa shape index (κ2) is 23.8. The van der Waals surface area contributed by atoms with Crippen molar-refractivity contribution >= 4 is 59.7 Å². The lowest BCUT2D eigenvalue weighted by Crippen LogP contribution is -2.44. The molecule has 0 aliphatic carbocycles. The van der Waals surface area contributed by atoms with E-state index in [4.69, 9.17) is 18.6 Å². The van der Waals surface area contributed by atoms with Gasteiger partial charge >= 0.3 is 12.1 Å². The minimum absolute atomic E-state index is 0.0118. The fourth-order valence-corrected chi connectivity index (χ4v) is 6.08. The van der Waals surface area contributed by atoms with Crippen LogP contribution in [-0.2, 0) is 44.5 Å². The standard InChI is InChI=1S/C41H69BrN4O10Si/c1-28(39(2,3)4)24-30(45-38(51)55-40(5,6)7)25-29-14-15-33(56-57(12,13)41(8,9)10)32(26-29)46-34(47)17-20-53-22-23-54-21-19-43-35(48)27-31(42)37(50)44-18-16-36(49)52-11/h14-15,26-28,30H,16-25H2,1-13H3,(H,43,48)(H,44,50)(H,45,51)(H,46,47)/b31-27+/t28?,30-/m1/s1. The second-order valence-corrected chi connectivity index (χ2v) is 23.2. The number of amides is 4. The smallest absolute Gasteiger partial charge is 0.407 e. The molecular formula is C41H69BrN4O10Si. The van der Waals surface area contributed by atoms with Gasteiger partial charge in [0, 0.05) is 25.2 Å². The molecule has 14 nitrogen and oxygen atoms in total. The molecule has 0 saturated heterocycles. The Bertz CT molecular complexity index is 1520. The molecular weight excluding hydrogens is 816 g/mol. The number of anilines is 1. The molecule has 0 fully saturated rings. The summed E-state index contributed by atoms with van der Waals surface area (Å²) in [6.07, 6.45) is 2.01. The van der Waals surface area contributed by atoms with Crippen molar-refractivity contribution in [2.24, 2.45) is 11.3 Å². The molecule has 1 aromatic carbocycles. The average molecular weight is 886 g/mol. The highest BCUT2D eigenvalue weighted by atomic mass is 79.9. The molecule has 0 bridgehead atoms. The average Bonchev–Trinajstić information content (AvgIpc) is 3.06. The van der Waals surface area contributed by atoms with E-state index in [0.717, 1.165) is 18.1 Å². The number of rotatable bonds is 22. The molecule has 0 spiro atoms. The highest BCUT2D eigenvalue weighted by molar-refractivity contribution is 9.12. The molecule has 2 atom stereocenters. The van der Waals surface area contributed by atoms with Crippen LogP contribution >= 0.6 is 15.9 Å². The van der Waals surface area contributed by atoms with Gasteiger partial charge in [-0.1, -0.05) is 54.5 Å². The Kier molecular flexibility index (Phi) is 21.5. The summed E-state index contributed by atoms with van der Waals surface area (Å²) in [6, 6.07) is 5.61. The SMILES string of the molecule is COC(=O)CCNC(=O)/C(Br)=C\C(=O)NCCOCCOCCC(=O)Nc1cc(C[C@@H](CC(C)C(C)(C)C)NC(=O)OC(C)(C)C)ccc1O[Si](C)(C)C(C)(C)C. The summed E-state index contributed by atoms with van der Waals surface area (Å²) < 4.78 is 27.9. The zero-order chi connectivity index (χ0) is 43.6. The number of carbonyl (C=O) groups is 5. The molecule has 0 radical (unpaired) electrons. The van der Waals surface area contributed by atoms with E-state index in [1.807, 2.05) is 39.0 Å². The predicted octanol–water partition coefficient (Wildman–Crippen LogP) is 7.01. The Balaban J connectivity index is 2.81. The zero-order valence-corrected chi connectivity index (χ0v) is 39.1. The van der Waals surface area contributed by atoms with Crippen LogP contribution in [0.2, 0.25) is 18.1 Å². The van der Waals surface area contributed by atoms with Gasteiger partial charge in [0.2, 0.25) is 11.8 Å². The minimum Gasteiger partial charge on any atom is -0.542 e. The molecule has 324 valence electrons. The van der Waals surface area contributed by atoms with E-state index in [9.17, 15) is 24.0 Å². The zero-order valence-electron chi connectivity index (χ0n) is 36.5. The van der Waals surface area contributed by atoms with Crippen LogP contribution in [0.5, 0.6) is 5.75 Å². The number of methoxy groups -OCH3 is 1. The predicted molar refractivity (Wildman–Crippen MR) is 229 cm³/mol. The van der Waals surface area contributed by atoms with Crippen molar-refractivity contribution < 1.29 is 47.3 Å². The molecule has 0 saturated carbocycles. The van der Waals surface area contributed by atoms with E-state index in [-0.39, 0.29) is 79.2 Å². The molecule has 0 aliphatic heterocycles. The number of hydrogen-bond acceptors (Lipinski definition) is 10. The van der Waals surface area contributed by atoms with Gasteiger partial charge < -0.3 is 44.6 Å². The van der Waals surface area contributed by atoms with Crippen LogP contribution in [0.1, 0.15) is 94.1 Å². The number of alkyl carbamates (subject to hydrolysis) is 1. The normalized spacial score (nSPS) is 13.5. The number of esters is 1. The van der Waals surface area contributed by atoms with Crippen molar-refractivity contribution in [3.05, 3.63) is 34.3 Å². The minimum atomic E-state index is -2.26. The molecule has 16 heteroatoms. The van der Waals surface area contributed by atoms with Crippen molar-refractivity contribution in [1.29, 1.82) is 0 Å². The lowest BCUT2D eigenvalue weighted by molar-refractivity contribution is -0.140. The number of hydrogen-bond donors (Lipinski definition) is 4. The molecule has 4 N–H and O–H groups in total. The molecule has 0 heterocycles. The van der Waals surface area contributed by atoms with Gasteiger partial charge in [0.1, 0.15) is 11.4 Å². The summed E-state index contributed by atoms with van der Waals surface area (Å²) in [5, 5.41) is 11.2. The number of ether oxygens (including phenoxy) is 4. The van der Waals surface area contributed by atoms with E-state index in [1.54, 1.807) is 0 Å². The van der Waals surface area contributed by atoms with Gasteiger partial charge in [-0.3, -0.25) is 19.2 Å². The van der Waals surface area contributed by atoms with Crippen LogP contribution in [0.15, 0.2) is 28.8 Å². The topological polar surface area (TPSA) is 180 Å². The number of benzene rings is 1. The molecule has 57 heavy (non-hydrogen) atoms. The first-order valence-electron chi connectivity index (χ1n) is 19.5. The molecule has 1 rings (SSSR count). The lowest BCUT2D eigenvalue weighted by atomic mass is 9.78. The number of nitrogens with one attached hydrogen (secondary N) is 4. The molecule has 1 unspecified atom stereocenters. The number of carbonyl (C=O) groups excluding carboxylic acids is 5. The summed E-state index contributed by atoms with van der Waals surface area (Å²) in [5.41, 5.74) is 0.901. The highest BCUT2D eigenvalue weighted by Gasteiger charge is 2.39. The molecule has 1 aromatic rings. The first kappa shape index (κ1) is 51.5. The summed E-state index contributed by atoms with van der Waals surface area (Å²) in [7, 11) is -1.01. The molecule has 0 aromatic heterocycles. The first-order chi connectivity index (χ1) is 26.2. The summed E-state index contributed by atoms with van der Waals surface area (Å²) in [6.45, 7) is 26.2. The Morgan fingerprint density at radius 3 is 2.07 bits per heavy atom. The summed E-state index contributed by atoms with van der Waals surface area (Å²) in [4.78, 5) is 61.3. The van der Waals surface area contributed by atoms with Crippen molar-refractivity contribution in [1.82, 2.24) is 16.0 Å². The van der Waals surface area contributed by atoms with Gasteiger partial charge in [0.25, 0.3) is 14.2 Å². The van der Waals surface area contributed by atoms with E-state index in [0.29, 0.717) is 23.8 Å². The second-order valence-electron chi connectivity index (χ2n) is 17.6. The van der Waals surface area contributed by atoms with E-state index >= 15 is 0 Å². The monoisotopic (exact) mass is 884 g/mol. The Hall–Kier alpha value is -3.47. The van der Waals surface area contributed by atoms with Crippen LogP contribution in [-0.4, -0.2) is 96.4 Å². The summed E-state index contributed by atoms with van der Waals surface area (Å²) in [5.74, 6) is -0.829. The maximum absolute atomic E-state index is 13.2. The Morgan fingerprint density at radius 1 is 0.860 bits per heavy atom. The van der Waals surface area contributed by atoms with Crippen molar-refractivity contribution in [2.45, 2.75) is 125 Å². The largest absolute Gasteiger partial charge is 0.542 e. The van der Waals surface area contributed by atoms with Gasteiger partial charge in [0.15, 0.2) is 0 Å². The van der Waals surface area contributed by atoms with Gasteiger partial charge in [-0.25, -0.2) is 4.79 Å². The van der Waals surface area contributed by atoms with Crippen LogP contribution in [0, 0.1) is 11.3 Å². The molecule has 4 amide bonds. The fourth-order valence-electron chi connectivity index (χ4n) is 4.69. The van der Waals surface area contributed by atoms with Crippen molar-refractivity contribution in [2.75, 3.05) is 51.9 Å². The van der Waals surface area contributed by atoms with Crippen LogP contribution in [0.25, 0.3) is 0 Å². The summed E-state index contributed by atoms with van der Waals surface area (Å²) >= 11 is 3.05. The van der Waals surface area contributed by atoms with Crippen molar-refractivity contribution in [3.8, 4) is 5.75 Å². The van der Waals surface area contributed by atoms with Crippen LogP contribution in [0.4, 0.5) is 10.5 Å². The van der Waals surface area contributed by atoms with Crippen LogP contribution < -0.4 is 25.7 Å². The first-order valence-corrected chi connectivity index (χ1v) is 23.2. The Morgan fingerprint density at radius 2 is 1.49 bits per heavy atom. The quantitative estimate of drug-likeness (QED) is 0.0410.